The number of quaternary nitrogens is 1. The van der Waals surface area contributed by atoms with E-state index in [1.807, 2.05) is 33.3 Å². The second-order valence-electron chi connectivity index (χ2n) is 17.9. The van der Waals surface area contributed by atoms with Gasteiger partial charge in [0.2, 0.25) is 0 Å². The number of carbonyl (C=O) groups is 2. The van der Waals surface area contributed by atoms with Crippen molar-refractivity contribution in [1.29, 1.82) is 0 Å². The highest BCUT2D eigenvalue weighted by Gasteiger charge is 2.27. The van der Waals surface area contributed by atoms with E-state index in [1.54, 1.807) is 0 Å². The Kier molecular flexibility index (Phi) is 40.8. The quantitative estimate of drug-likeness (QED) is 0.0212. The van der Waals surface area contributed by atoms with E-state index in [0.717, 1.165) is 32.1 Å². The molecule has 0 amide bonds. The molecule has 0 aromatic rings. The summed E-state index contributed by atoms with van der Waals surface area (Å²) in [6.07, 6.45) is 46.8. The molecule has 0 saturated heterocycles. The molecule has 2 atom stereocenters. The number of ether oxygens (including phenoxy) is 2. The maximum absolute atomic E-state index is 12.7. The van der Waals surface area contributed by atoms with Gasteiger partial charge in [0.25, 0.3) is 0 Å². The summed E-state index contributed by atoms with van der Waals surface area (Å²) < 4.78 is 34.3. The van der Waals surface area contributed by atoms with Crippen molar-refractivity contribution in [2.75, 3.05) is 47.5 Å². The van der Waals surface area contributed by atoms with Crippen molar-refractivity contribution in [3.8, 4) is 0 Å². The Morgan fingerprint density at radius 3 is 1.41 bits per heavy atom. The average molecular weight is 857 g/mol. The van der Waals surface area contributed by atoms with Crippen molar-refractivity contribution in [3.05, 3.63) is 24.3 Å². The van der Waals surface area contributed by atoms with Gasteiger partial charge >= 0.3 is 19.8 Å². The van der Waals surface area contributed by atoms with Crippen LogP contribution in [0.15, 0.2) is 24.3 Å². The summed E-state index contributed by atoms with van der Waals surface area (Å²) in [5.74, 6) is -0.866. The highest BCUT2D eigenvalue weighted by molar-refractivity contribution is 7.47. The molecular formula is C49H95NO8P+. The largest absolute Gasteiger partial charge is 0.472 e. The zero-order chi connectivity index (χ0) is 43.6. The minimum Gasteiger partial charge on any atom is -0.462 e. The van der Waals surface area contributed by atoms with Crippen molar-refractivity contribution in [1.82, 2.24) is 0 Å². The molecule has 59 heavy (non-hydrogen) atoms. The Balaban J connectivity index is 4.23. The molecule has 2 unspecified atom stereocenters. The molecule has 0 aromatic heterocycles. The maximum Gasteiger partial charge on any atom is 0.472 e. The van der Waals surface area contributed by atoms with E-state index >= 15 is 0 Å². The van der Waals surface area contributed by atoms with Crippen LogP contribution in [0.5, 0.6) is 0 Å². The molecule has 10 heteroatoms. The third kappa shape index (κ3) is 45.8. The minimum atomic E-state index is -4.39. The van der Waals surface area contributed by atoms with E-state index in [9.17, 15) is 19.0 Å². The number of hydrogen-bond donors (Lipinski definition) is 1. The fourth-order valence-electron chi connectivity index (χ4n) is 6.89. The first-order valence-electron chi connectivity index (χ1n) is 24.6. The van der Waals surface area contributed by atoms with E-state index in [4.69, 9.17) is 18.5 Å². The van der Waals surface area contributed by atoms with Crippen LogP contribution in [-0.4, -0.2) is 74.9 Å². The Morgan fingerprint density at radius 1 is 0.525 bits per heavy atom. The third-order valence-electron chi connectivity index (χ3n) is 10.7. The number of rotatable bonds is 45. The van der Waals surface area contributed by atoms with Gasteiger partial charge < -0.3 is 18.9 Å². The van der Waals surface area contributed by atoms with Crippen LogP contribution >= 0.6 is 7.82 Å². The molecule has 0 aliphatic carbocycles. The normalized spacial score (nSPS) is 13.7. The van der Waals surface area contributed by atoms with Gasteiger partial charge in [-0.15, -0.1) is 0 Å². The summed E-state index contributed by atoms with van der Waals surface area (Å²) in [5.41, 5.74) is 0. The lowest BCUT2D eigenvalue weighted by Gasteiger charge is -2.24. The SMILES string of the molecule is CCCCCCCC/C=C/C/C=C/CCC(=O)OC(COC(=O)CCCCCCCCCCCCCCCCCCCCCCCC)COP(=O)(O)OCC[N+](C)(C)C. The highest BCUT2D eigenvalue weighted by Crippen LogP contribution is 2.43. The number of esters is 2. The molecular weight excluding hydrogens is 762 g/mol. The summed E-state index contributed by atoms with van der Waals surface area (Å²) in [4.78, 5) is 35.4. The molecule has 348 valence electrons. The first kappa shape index (κ1) is 57.5. The Labute approximate surface area is 364 Å². The monoisotopic (exact) mass is 857 g/mol. The van der Waals surface area contributed by atoms with Crippen molar-refractivity contribution >= 4 is 19.8 Å². The summed E-state index contributed by atoms with van der Waals surface area (Å²) in [5, 5.41) is 0. The lowest BCUT2D eigenvalue weighted by Crippen LogP contribution is -2.37. The van der Waals surface area contributed by atoms with Crippen LogP contribution in [0.3, 0.4) is 0 Å². The van der Waals surface area contributed by atoms with Crippen molar-refractivity contribution < 1.29 is 42.1 Å². The molecule has 0 fully saturated rings. The van der Waals surface area contributed by atoms with E-state index < -0.39 is 26.5 Å². The number of unbranched alkanes of at least 4 members (excludes halogenated alkanes) is 27. The van der Waals surface area contributed by atoms with Crippen LogP contribution in [0.25, 0.3) is 0 Å². The Bertz CT molecular complexity index is 1060. The number of phosphoric ester groups is 1. The lowest BCUT2D eigenvalue weighted by atomic mass is 10.0. The molecule has 0 spiro atoms. The third-order valence-corrected chi connectivity index (χ3v) is 11.7. The highest BCUT2D eigenvalue weighted by atomic mass is 31.2. The van der Waals surface area contributed by atoms with Gasteiger partial charge in [-0.3, -0.25) is 18.6 Å². The molecule has 0 aliphatic heterocycles. The van der Waals surface area contributed by atoms with Gasteiger partial charge in [0.1, 0.15) is 19.8 Å². The number of carbonyl (C=O) groups excluding carboxylic acids is 2. The fraction of sp³-hybridized carbons (Fsp3) is 0.878. The predicted molar refractivity (Wildman–Crippen MR) is 247 cm³/mol. The van der Waals surface area contributed by atoms with Crippen LogP contribution in [-0.2, 0) is 32.7 Å². The van der Waals surface area contributed by atoms with Crippen molar-refractivity contribution in [2.24, 2.45) is 0 Å². The number of hydrogen-bond acceptors (Lipinski definition) is 7. The second-order valence-corrected chi connectivity index (χ2v) is 19.3. The molecule has 0 radical (unpaired) electrons. The standard InChI is InChI=1S/C49H94NO8P/c1-6-8-10-12-14-16-18-20-21-22-23-24-25-26-27-28-30-31-33-35-37-39-41-48(51)55-45-47(46-57-59(53,54)56-44-43-50(3,4)5)58-49(52)42-40-38-36-34-32-29-19-17-15-13-11-9-7-2/h29,32,36,38,47H,6-28,30-31,33-35,37,39-46H2,1-5H3/p+1/b32-29+,38-36+. The summed E-state index contributed by atoms with van der Waals surface area (Å²) in [6, 6.07) is 0. The number of phosphoric acid groups is 1. The number of allylic oxidation sites excluding steroid dienone is 4. The number of nitrogens with zero attached hydrogens (tertiary/aromatic N) is 1. The van der Waals surface area contributed by atoms with Gasteiger partial charge in [0.15, 0.2) is 6.10 Å². The molecule has 0 bridgehead atoms. The summed E-state index contributed by atoms with van der Waals surface area (Å²) in [7, 11) is 1.45. The Morgan fingerprint density at radius 2 is 0.949 bits per heavy atom. The van der Waals surface area contributed by atoms with Crippen LogP contribution in [0.4, 0.5) is 0 Å². The number of likely N-dealkylation sites (N-methyl/N-ethyl adjacent to an activating group) is 1. The molecule has 1 N–H and O–H groups in total. The minimum absolute atomic E-state index is 0.0246. The smallest absolute Gasteiger partial charge is 0.462 e. The van der Waals surface area contributed by atoms with Crippen LogP contribution in [0.2, 0.25) is 0 Å². The maximum atomic E-state index is 12.7. The van der Waals surface area contributed by atoms with E-state index in [2.05, 4.69) is 26.0 Å². The molecule has 0 aromatic carbocycles. The van der Waals surface area contributed by atoms with Crippen LogP contribution in [0, 0.1) is 0 Å². The van der Waals surface area contributed by atoms with Crippen molar-refractivity contribution in [3.63, 3.8) is 0 Å². The molecule has 9 nitrogen and oxygen atoms in total. The van der Waals surface area contributed by atoms with Gasteiger partial charge in [-0.1, -0.05) is 205 Å². The Hall–Kier alpha value is -1.51. The molecule has 0 rings (SSSR count). The predicted octanol–water partition coefficient (Wildman–Crippen LogP) is 14.3. The fourth-order valence-corrected chi connectivity index (χ4v) is 7.63. The van der Waals surface area contributed by atoms with Gasteiger partial charge in [0.05, 0.1) is 27.7 Å². The van der Waals surface area contributed by atoms with Crippen LogP contribution < -0.4 is 0 Å². The molecule has 0 aliphatic rings. The molecule has 0 heterocycles. The zero-order valence-corrected chi connectivity index (χ0v) is 40.1. The van der Waals surface area contributed by atoms with Crippen molar-refractivity contribution in [2.45, 2.75) is 232 Å². The van der Waals surface area contributed by atoms with E-state index in [0.29, 0.717) is 17.4 Å². The van der Waals surface area contributed by atoms with E-state index in [1.165, 1.54) is 161 Å². The second kappa shape index (κ2) is 41.8. The zero-order valence-electron chi connectivity index (χ0n) is 39.2. The van der Waals surface area contributed by atoms with Crippen LogP contribution in [0.1, 0.15) is 226 Å². The van der Waals surface area contributed by atoms with Gasteiger partial charge in [-0.2, -0.15) is 0 Å². The summed E-state index contributed by atoms with van der Waals surface area (Å²) >= 11 is 0. The van der Waals surface area contributed by atoms with Gasteiger partial charge in [-0.25, -0.2) is 4.57 Å². The summed E-state index contributed by atoms with van der Waals surface area (Å²) in [6.45, 7) is 4.38. The molecule has 0 saturated carbocycles. The first-order chi connectivity index (χ1) is 28.5. The topological polar surface area (TPSA) is 108 Å². The van der Waals surface area contributed by atoms with E-state index in [-0.39, 0.29) is 32.0 Å². The average Bonchev–Trinajstić information content (AvgIpc) is 3.19. The van der Waals surface area contributed by atoms with Gasteiger partial charge in [-0.05, 0) is 32.1 Å². The van der Waals surface area contributed by atoms with Gasteiger partial charge in [0, 0.05) is 12.8 Å². The first-order valence-corrected chi connectivity index (χ1v) is 26.1. The lowest BCUT2D eigenvalue weighted by molar-refractivity contribution is -0.870.